The number of halogens is 10. The number of hydrogen-bond donors (Lipinski definition) is 2. The molecular formula is C12H17BF10O3. The lowest BCUT2D eigenvalue weighted by Crippen LogP contribution is -2.60. The van der Waals surface area contributed by atoms with E-state index in [0.29, 0.717) is 0 Å². The lowest BCUT2D eigenvalue weighted by atomic mass is 9.99. The second-order valence-electron chi connectivity index (χ2n) is 5.55. The highest BCUT2D eigenvalue weighted by atomic mass is 19.4. The number of hydrogen-bond acceptors (Lipinski definition) is 3. The summed E-state index contributed by atoms with van der Waals surface area (Å²) in [4.78, 5) is 0. The van der Waals surface area contributed by atoms with E-state index < -0.39 is 56.9 Å². The summed E-state index contributed by atoms with van der Waals surface area (Å²) < 4.78 is 130. The third kappa shape index (κ3) is 7.47. The fourth-order valence-electron chi connectivity index (χ4n) is 1.96. The van der Waals surface area contributed by atoms with Crippen molar-refractivity contribution in [3.63, 3.8) is 0 Å². The van der Waals surface area contributed by atoms with E-state index in [2.05, 4.69) is 4.65 Å². The normalized spacial score (nSPS) is 15.2. The smallest absolute Gasteiger partial charge is 0.402 e. The third-order valence-electron chi connectivity index (χ3n) is 3.35. The van der Waals surface area contributed by atoms with Crippen LogP contribution >= 0.6 is 0 Å². The van der Waals surface area contributed by atoms with E-state index in [1.807, 2.05) is 0 Å². The molecular weight excluding hydrogens is 393 g/mol. The molecule has 0 spiro atoms. The van der Waals surface area contributed by atoms with Gasteiger partial charge in [0.25, 0.3) is 0 Å². The van der Waals surface area contributed by atoms with Crippen LogP contribution in [0.4, 0.5) is 43.9 Å². The highest BCUT2D eigenvalue weighted by molar-refractivity contribution is 6.32. The van der Waals surface area contributed by atoms with Crippen molar-refractivity contribution in [1.82, 2.24) is 0 Å². The summed E-state index contributed by atoms with van der Waals surface area (Å²) in [6.45, 7) is 0. The Morgan fingerprint density at radius 1 is 0.769 bits per heavy atom. The van der Waals surface area contributed by atoms with Gasteiger partial charge in [0.05, 0.1) is 0 Å². The predicted molar refractivity (Wildman–Crippen MR) is 69.4 cm³/mol. The van der Waals surface area contributed by atoms with E-state index in [9.17, 15) is 43.9 Å². The van der Waals surface area contributed by atoms with Crippen molar-refractivity contribution in [1.29, 1.82) is 0 Å². The summed E-state index contributed by atoms with van der Waals surface area (Å²) in [6, 6.07) is 0. The second kappa shape index (κ2) is 9.44. The average Bonchev–Trinajstić information content (AvgIpc) is 2.42. The van der Waals surface area contributed by atoms with Gasteiger partial charge < -0.3 is 14.7 Å². The van der Waals surface area contributed by atoms with Crippen molar-refractivity contribution in [2.45, 2.75) is 75.2 Å². The lowest BCUT2D eigenvalue weighted by molar-refractivity contribution is -0.388. The first-order valence-corrected chi connectivity index (χ1v) is 7.43. The van der Waals surface area contributed by atoms with Crippen LogP contribution in [0.3, 0.4) is 0 Å². The van der Waals surface area contributed by atoms with Gasteiger partial charge in [-0.05, 0) is 12.8 Å². The fourth-order valence-corrected chi connectivity index (χ4v) is 1.96. The Balaban J connectivity index is 4.48. The summed E-state index contributed by atoms with van der Waals surface area (Å²) >= 11 is 0. The summed E-state index contributed by atoms with van der Waals surface area (Å²) in [5.74, 6) is -12.3. The standard InChI is InChI=1S/C12H17BF10O3/c14-8(6-4-2-1-3-5-7-9(15,16)17)10(18,19)11(20,21)12(22,23)26-13(24)25/h8,24-25H,1-7H2. The van der Waals surface area contributed by atoms with Gasteiger partial charge in [-0.25, -0.2) is 4.39 Å². The van der Waals surface area contributed by atoms with E-state index in [0.717, 1.165) is 0 Å². The highest BCUT2D eigenvalue weighted by Crippen LogP contribution is 2.49. The molecule has 2 N–H and O–H groups in total. The van der Waals surface area contributed by atoms with Crippen LogP contribution in [0.2, 0.25) is 0 Å². The summed E-state index contributed by atoms with van der Waals surface area (Å²) in [5.41, 5.74) is 0. The minimum Gasteiger partial charge on any atom is -0.402 e. The minimum absolute atomic E-state index is 0.0450. The van der Waals surface area contributed by atoms with E-state index in [-0.39, 0.29) is 25.7 Å². The molecule has 156 valence electrons. The number of unbranched alkanes of at least 4 members (excludes halogenated alkanes) is 4. The Bertz CT molecular complexity index is 417. The molecule has 0 aliphatic heterocycles. The first-order valence-electron chi connectivity index (χ1n) is 7.43. The van der Waals surface area contributed by atoms with Gasteiger partial charge in [-0.15, -0.1) is 0 Å². The molecule has 0 rings (SSSR count). The quantitative estimate of drug-likeness (QED) is 0.284. The summed E-state index contributed by atoms with van der Waals surface area (Å²) in [7, 11) is -3.50. The van der Waals surface area contributed by atoms with Crippen LogP contribution < -0.4 is 0 Å². The molecule has 0 radical (unpaired) electrons. The van der Waals surface area contributed by atoms with E-state index in [1.54, 1.807) is 0 Å². The van der Waals surface area contributed by atoms with E-state index >= 15 is 0 Å². The molecule has 0 saturated heterocycles. The van der Waals surface area contributed by atoms with Crippen LogP contribution in [0.15, 0.2) is 0 Å². The fraction of sp³-hybridized carbons (Fsp3) is 1.00. The van der Waals surface area contributed by atoms with Gasteiger partial charge in [0.1, 0.15) is 0 Å². The van der Waals surface area contributed by atoms with Gasteiger partial charge >= 0.3 is 31.5 Å². The summed E-state index contributed by atoms with van der Waals surface area (Å²) in [6.07, 6.45) is -17.1. The molecule has 1 atom stereocenters. The van der Waals surface area contributed by atoms with E-state index in [1.165, 1.54) is 0 Å². The van der Waals surface area contributed by atoms with Crippen LogP contribution in [0, 0.1) is 0 Å². The van der Waals surface area contributed by atoms with Crippen molar-refractivity contribution in [3.8, 4) is 0 Å². The lowest BCUT2D eigenvalue weighted by Gasteiger charge is -2.33. The van der Waals surface area contributed by atoms with Crippen molar-refractivity contribution in [2.24, 2.45) is 0 Å². The Kier molecular flexibility index (Phi) is 9.17. The molecule has 0 saturated carbocycles. The molecule has 0 heterocycles. The number of rotatable bonds is 12. The van der Waals surface area contributed by atoms with Crippen molar-refractivity contribution >= 4 is 7.32 Å². The van der Waals surface area contributed by atoms with Crippen molar-refractivity contribution in [3.05, 3.63) is 0 Å². The monoisotopic (exact) mass is 410 g/mol. The Hall–Kier alpha value is -0.755. The van der Waals surface area contributed by atoms with Crippen molar-refractivity contribution < 1.29 is 58.6 Å². The molecule has 0 aromatic heterocycles. The van der Waals surface area contributed by atoms with E-state index in [4.69, 9.17) is 10.0 Å². The highest BCUT2D eigenvalue weighted by Gasteiger charge is 2.76. The maximum atomic E-state index is 13.4. The second-order valence-corrected chi connectivity index (χ2v) is 5.55. The average molecular weight is 410 g/mol. The van der Waals surface area contributed by atoms with Gasteiger partial charge in [-0.1, -0.05) is 25.7 Å². The van der Waals surface area contributed by atoms with Crippen LogP contribution in [0.25, 0.3) is 0 Å². The zero-order chi connectivity index (χ0) is 20.8. The molecule has 0 bridgehead atoms. The zero-order valence-electron chi connectivity index (χ0n) is 13.2. The maximum absolute atomic E-state index is 13.4. The molecule has 26 heavy (non-hydrogen) atoms. The minimum atomic E-state index is -6.38. The molecule has 0 aromatic rings. The molecule has 0 aliphatic carbocycles. The topological polar surface area (TPSA) is 49.7 Å². The Morgan fingerprint density at radius 3 is 1.69 bits per heavy atom. The zero-order valence-corrected chi connectivity index (χ0v) is 13.2. The Morgan fingerprint density at radius 2 is 1.23 bits per heavy atom. The van der Waals surface area contributed by atoms with Crippen LogP contribution in [-0.2, 0) is 4.65 Å². The van der Waals surface area contributed by atoms with Gasteiger partial charge in [0.2, 0.25) is 0 Å². The van der Waals surface area contributed by atoms with Gasteiger partial charge in [-0.2, -0.15) is 39.5 Å². The molecule has 0 fully saturated rings. The first-order chi connectivity index (χ1) is 11.5. The van der Waals surface area contributed by atoms with Crippen LogP contribution in [0.5, 0.6) is 0 Å². The van der Waals surface area contributed by atoms with Crippen molar-refractivity contribution in [2.75, 3.05) is 0 Å². The molecule has 0 aromatic carbocycles. The SMILES string of the molecule is OB(O)OC(F)(F)C(F)(F)C(F)(F)C(F)CCCCCCCC(F)(F)F. The largest absolute Gasteiger partial charge is 0.638 e. The molecule has 0 amide bonds. The maximum Gasteiger partial charge on any atom is 0.638 e. The molecule has 14 heteroatoms. The van der Waals surface area contributed by atoms with Gasteiger partial charge in [0, 0.05) is 6.42 Å². The van der Waals surface area contributed by atoms with Gasteiger partial charge in [-0.3, -0.25) is 0 Å². The van der Waals surface area contributed by atoms with Gasteiger partial charge in [0.15, 0.2) is 6.17 Å². The molecule has 0 aliphatic rings. The van der Waals surface area contributed by atoms with Crippen LogP contribution in [-0.4, -0.2) is 47.7 Å². The number of alkyl halides is 10. The molecule has 3 nitrogen and oxygen atoms in total. The Labute approximate surface area is 142 Å². The molecule has 1 unspecified atom stereocenters. The predicted octanol–water partition coefficient (Wildman–Crippen LogP) is 4.47. The summed E-state index contributed by atoms with van der Waals surface area (Å²) in [5, 5.41) is 16.1. The first kappa shape index (κ1) is 25.2. The third-order valence-corrected chi connectivity index (χ3v) is 3.35. The van der Waals surface area contributed by atoms with Crippen LogP contribution in [0.1, 0.15) is 44.9 Å².